The van der Waals surface area contributed by atoms with E-state index < -0.39 is 0 Å². The van der Waals surface area contributed by atoms with Gasteiger partial charge in [0, 0.05) is 12.1 Å². The fraction of sp³-hybridized carbons (Fsp3) is 0.417. The average Bonchev–Trinajstić information content (AvgIpc) is 2.30. The van der Waals surface area contributed by atoms with Crippen LogP contribution in [0.1, 0.15) is 25.7 Å². The molecule has 0 aliphatic carbocycles. The van der Waals surface area contributed by atoms with Gasteiger partial charge in [-0.2, -0.15) is 0 Å². The Morgan fingerprint density at radius 3 is 2.76 bits per heavy atom. The van der Waals surface area contributed by atoms with Gasteiger partial charge in [-0.25, -0.2) is 0 Å². The Kier molecular flexibility index (Phi) is 5.80. The average molecular weight is 257 g/mol. The van der Waals surface area contributed by atoms with E-state index in [0.717, 1.165) is 19.3 Å². The normalized spacial score (nSPS) is 10.2. The molecular formula is C12H17ClN2O2. The highest BCUT2D eigenvalue weighted by Gasteiger charge is 2.04. The summed E-state index contributed by atoms with van der Waals surface area (Å²) in [6.45, 7) is 0.662. The Labute approximate surface area is 106 Å². The van der Waals surface area contributed by atoms with Gasteiger partial charge in [-0.05, 0) is 37.6 Å². The van der Waals surface area contributed by atoms with E-state index in [9.17, 15) is 9.90 Å². The second-order valence-corrected chi connectivity index (χ2v) is 4.22. The number of hydrogen-bond donors (Lipinski definition) is 3. The number of unbranched alkanes of at least 4 members (excludes halogenated alkanes) is 2. The van der Waals surface area contributed by atoms with E-state index in [-0.39, 0.29) is 16.7 Å². The maximum absolute atomic E-state index is 11.5. The third kappa shape index (κ3) is 5.06. The second kappa shape index (κ2) is 7.14. The number of phenols is 1. The fourth-order valence-electron chi connectivity index (χ4n) is 1.41. The number of rotatable bonds is 6. The van der Waals surface area contributed by atoms with Crippen LogP contribution in [0.2, 0.25) is 5.02 Å². The zero-order valence-corrected chi connectivity index (χ0v) is 10.3. The zero-order chi connectivity index (χ0) is 12.7. The van der Waals surface area contributed by atoms with Crippen LogP contribution in [0.4, 0.5) is 5.69 Å². The largest absolute Gasteiger partial charge is 0.506 e. The molecule has 5 heteroatoms. The molecule has 4 nitrogen and oxygen atoms in total. The zero-order valence-electron chi connectivity index (χ0n) is 9.58. The molecule has 0 saturated heterocycles. The van der Waals surface area contributed by atoms with Gasteiger partial charge in [0.05, 0.1) is 5.02 Å². The summed E-state index contributed by atoms with van der Waals surface area (Å²) in [6, 6.07) is 4.58. The van der Waals surface area contributed by atoms with Crippen molar-refractivity contribution in [3.8, 4) is 5.75 Å². The number of halogens is 1. The number of anilines is 1. The quantitative estimate of drug-likeness (QED) is 0.541. The molecule has 4 N–H and O–H groups in total. The molecule has 0 saturated carbocycles. The predicted molar refractivity (Wildman–Crippen MR) is 69.3 cm³/mol. The van der Waals surface area contributed by atoms with Gasteiger partial charge in [0.25, 0.3) is 0 Å². The summed E-state index contributed by atoms with van der Waals surface area (Å²) in [4.78, 5) is 11.5. The van der Waals surface area contributed by atoms with Crippen LogP contribution >= 0.6 is 11.6 Å². The molecule has 0 aromatic heterocycles. The van der Waals surface area contributed by atoms with Gasteiger partial charge in [-0.3, -0.25) is 4.79 Å². The van der Waals surface area contributed by atoms with Crippen LogP contribution in [0.25, 0.3) is 0 Å². The Hall–Kier alpha value is -1.26. The van der Waals surface area contributed by atoms with Crippen molar-refractivity contribution in [3.63, 3.8) is 0 Å². The number of carbonyl (C=O) groups is 1. The maximum atomic E-state index is 11.5. The molecule has 1 aromatic carbocycles. The van der Waals surface area contributed by atoms with Crippen molar-refractivity contribution in [3.05, 3.63) is 23.2 Å². The van der Waals surface area contributed by atoms with Gasteiger partial charge in [-0.1, -0.05) is 18.0 Å². The third-order valence-electron chi connectivity index (χ3n) is 2.34. The summed E-state index contributed by atoms with van der Waals surface area (Å²) < 4.78 is 0. The van der Waals surface area contributed by atoms with E-state index in [1.54, 1.807) is 6.07 Å². The van der Waals surface area contributed by atoms with Crippen LogP contribution in [0, 0.1) is 0 Å². The first kappa shape index (κ1) is 13.8. The molecule has 0 bridgehead atoms. The molecule has 0 aliphatic rings. The molecule has 0 spiro atoms. The monoisotopic (exact) mass is 256 g/mol. The highest BCUT2D eigenvalue weighted by molar-refractivity contribution is 6.32. The predicted octanol–water partition coefficient (Wildman–Crippen LogP) is 2.50. The number of amides is 1. The molecule has 0 aliphatic heterocycles. The molecule has 0 atom stereocenters. The smallest absolute Gasteiger partial charge is 0.224 e. The number of benzene rings is 1. The molecule has 0 radical (unpaired) electrons. The van der Waals surface area contributed by atoms with Gasteiger partial charge in [-0.15, -0.1) is 0 Å². The van der Waals surface area contributed by atoms with Crippen LogP contribution in [0.3, 0.4) is 0 Å². The maximum Gasteiger partial charge on any atom is 0.224 e. The molecule has 17 heavy (non-hydrogen) atoms. The van der Waals surface area contributed by atoms with E-state index in [1.165, 1.54) is 12.1 Å². The van der Waals surface area contributed by atoms with E-state index in [1.807, 2.05) is 0 Å². The topological polar surface area (TPSA) is 75.4 Å². The molecule has 0 fully saturated rings. The third-order valence-corrected chi connectivity index (χ3v) is 2.64. The number of aromatic hydroxyl groups is 1. The van der Waals surface area contributed by atoms with Crippen molar-refractivity contribution < 1.29 is 9.90 Å². The standard InChI is InChI=1S/C12H17ClN2O2/c13-10-8-9(5-6-11(10)16)15-12(17)4-2-1-3-7-14/h5-6,8,16H,1-4,7,14H2,(H,15,17). The number of nitrogens with one attached hydrogen (secondary N) is 1. The van der Waals surface area contributed by atoms with Crippen molar-refractivity contribution in [1.29, 1.82) is 0 Å². The number of nitrogens with two attached hydrogens (primary N) is 1. The van der Waals surface area contributed by atoms with Crippen LogP contribution in [0.5, 0.6) is 5.75 Å². The summed E-state index contributed by atoms with van der Waals surface area (Å²) in [5, 5.41) is 12.2. The van der Waals surface area contributed by atoms with Gasteiger partial charge >= 0.3 is 0 Å². The molecule has 1 rings (SSSR count). The van der Waals surface area contributed by atoms with Crippen LogP contribution < -0.4 is 11.1 Å². The highest BCUT2D eigenvalue weighted by atomic mass is 35.5. The van der Waals surface area contributed by atoms with E-state index in [4.69, 9.17) is 17.3 Å². The summed E-state index contributed by atoms with van der Waals surface area (Å²) in [6.07, 6.45) is 3.20. The van der Waals surface area contributed by atoms with E-state index in [0.29, 0.717) is 18.7 Å². The number of carbonyl (C=O) groups excluding carboxylic acids is 1. The lowest BCUT2D eigenvalue weighted by Crippen LogP contribution is -2.11. The number of hydrogen-bond acceptors (Lipinski definition) is 3. The first-order valence-electron chi connectivity index (χ1n) is 5.62. The molecular weight excluding hydrogens is 240 g/mol. The summed E-state index contributed by atoms with van der Waals surface area (Å²) >= 11 is 5.73. The first-order chi connectivity index (χ1) is 8.13. The van der Waals surface area contributed by atoms with Crippen LogP contribution in [-0.2, 0) is 4.79 Å². The molecule has 94 valence electrons. The lowest BCUT2D eigenvalue weighted by molar-refractivity contribution is -0.116. The van der Waals surface area contributed by atoms with Crippen LogP contribution in [0.15, 0.2) is 18.2 Å². The van der Waals surface area contributed by atoms with Crippen molar-refractivity contribution in [1.82, 2.24) is 0 Å². The summed E-state index contributed by atoms with van der Waals surface area (Å²) in [5.74, 6) is -0.0450. The molecule has 0 unspecified atom stereocenters. The Morgan fingerprint density at radius 2 is 2.12 bits per heavy atom. The van der Waals surface area contributed by atoms with E-state index >= 15 is 0 Å². The SMILES string of the molecule is NCCCCCC(=O)Nc1ccc(O)c(Cl)c1. The first-order valence-corrected chi connectivity index (χ1v) is 5.99. The van der Waals surface area contributed by atoms with Gasteiger partial charge in [0.1, 0.15) is 5.75 Å². The van der Waals surface area contributed by atoms with E-state index in [2.05, 4.69) is 5.32 Å². The summed E-state index contributed by atoms with van der Waals surface area (Å²) in [5.41, 5.74) is 5.95. The van der Waals surface area contributed by atoms with Crippen molar-refractivity contribution in [2.24, 2.45) is 5.73 Å². The lowest BCUT2D eigenvalue weighted by Gasteiger charge is -2.06. The Bertz CT molecular complexity index is 383. The number of phenolic OH excluding ortho intramolecular Hbond substituents is 1. The van der Waals surface area contributed by atoms with Crippen LogP contribution in [-0.4, -0.2) is 17.6 Å². The molecule has 0 heterocycles. The highest BCUT2D eigenvalue weighted by Crippen LogP contribution is 2.26. The van der Waals surface area contributed by atoms with Crippen molar-refractivity contribution in [2.45, 2.75) is 25.7 Å². The van der Waals surface area contributed by atoms with Gasteiger partial charge in [0.2, 0.25) is 5.91 Å². The Balaban J connectivity index is 2.37. The minimum atomic E-state index is -0.0521. The lowest BCUT2D eigenvalue weighted by atomic mass is 10.2. The minimum absolute atomic E-state index is 0.00705. The molecule has 1 aromatic rings. The van der Waals surface area contributed by atoms with Gasteiger partial charge < -0.3 is 16.2 Å². The fourth-order valence-corrected chi connectivity index (χ4v) is 1.60. The van der Waals surface area contributed by atoms with Gasteiger partial charge in [0.15, 0.2) is 0 Å². The Morgan fingerprint density at radius 1 is 1.35 bits per heavy atom. The molecule has 1 amide bonds. The summed E-state index contributed by atoms with van der Waals surface area (Å²) in [7, 11) is 0. The minimum Gasteiger partial charge on any atom is -0.506 e. The second-order valence-electron chi connectivity index (χ2n) is 3.81. The van der Waals surface area contributed by atoms with Crippen molar-refractivity contribution >= 4 is 23.2 Å². The van der Waals surface area contributed by atoms with Crippen molar-refractivity contribution in [2.75, 3.05) is 11.9 Å².